The smallest absolute Gasteiger partial charge is 0.151 e. The lowest BCUT2D eigenvalue weighted by Gasteiger charge is -2.20. The minimum absolute atomic E-state index is 0.0761. The van der Waals surface area contributed by atoms with Crippen LogP contribution in [0.4, 0.5) is 5.82 Å². The first-order valence-corrected chi connectivity index (χ1v) is 7.31. The van der Waals surface area contributed by atoms with Crippen molar-refractivity contribution >= 4 is 5.82 Å². The molecule has 6 nitrogen and oxygen atoms in total. The Morgan fingerprint density at radius 2 is 1.76 bits per heavy atom. The van der Waals surface area contributed by atoms with E-state index in [2.05, 4.69) is 41.2 Å². The second-order valence-corrected chi connectivity index (χ2v) is 6.44. The summed E-state index contributed by atoms with van der Waals surface area (Å²) in [6, 6.07) is 4.03. The summed E-state index contributed by atoms with van der Waals surface area (Å²) in [5.41, 5.74) is 1.02. The summed E-state index contributed by atoms with van der Waals surface area (Å²) in [7, 11) is 3.43. The van der Waals surface area contributed by atoms with Gasteiger partial charge in [-0.05, 0) is 32.9 Å². The Kier molecular flexibility index (Phi) is 5.13. The maximum atomic E-state index is 5.44. The maximum absolute atomic E-state index is 5.44. The number of methoxy groups -OCH3 is 2. The highest BCUT2D eigenvalue weighted by Crippen LogP contribution is 2.21. The van der Waals surface area contributed by atoms with Gasteiger partial charge in [-0.3, -0.25) is 0 Å². The zero-order valence-corrected chi connectivity index (χ0v) is 13.6. The molecule has 1 fully saturated rings. The molecular weight excluding hydrogens is 268 g/mol. The van der Waals surface area contributed by atoms with Crippen molar-refractivity contribution in [3.8, 4) is 0 Å². The average molecular weight is 294 g/mol. The number of hydrogen-bond donors (Lipinski definition) is 1. The lowest BCUT2D eigenvalue weighted by Crippen LogP contribution is -2.35. The van der Waals surface area contributed by atoms with Crippen LogP contribution in [0.1, 0.15) is 26.5 Å². The first-order valence-electron chi connectivity index (χ1n) is 7.31. The number of hydrogen-bond acceptors (Lipinski definition) is 6. The Bertz CT molecular complexity index is 432. The summed E-state index contributed by atoms with van der Waals surface area (Å²) in [5.74, 6) is 0.871. The predicted octanol–water partition coefficient (Wildman–Crippen LogP) is 1.21. The molecule has 0 spiro atoms. The summed E-state index contributed by atoms with van der Waals surface area (Å²) < 4.78 is 10.9. The average Bonchev–Trinajstić information content (AvgIpc) is 2.88. The van der Waals surface area contributed by atoms with Crippen LogP contribution in [0.5, 0.6) is 0 Å². The number of ether oxygens (including phenoxy) is 2. The largest absolute Gasteiger partial charge is 0.377 e. The molecule has 2 heterocycles. The van der Waals surface area contributed by atoms with Crippen LogP contribution in [0.25, 0.3) is 0 Å². The lowest BCUT2D eigenvalue weighted by molar-refractivity contribution is -0.00461. The number of nitrogens with one attached hydrogen (secondary N) is 1. The first kappa shape index (κ1) is 16.1. The molecule has 21 heavy (non-hydrogen) atoms. The third-order valence-corrected chi connectivity index (χ3v) is 3.65. The van der Waals surface area contributed by atoms with Crippen molar-refractivity contribution in [1.29, 1.82) is 0 Å². The summed E-state index contributed by atoms with van der Waals surface area (Å²) in [6.45, 7) is 8.68. The fraction of sp³-hybridized carbons (Fsp3) is 0.733. The molecule has 0 aliphatic carbocycles. The van der Waals surface area contributed by atoms with Crippen LogP contribution in [0.2, 0.25) is 0 Å². The molecule has 1 aliphatic heterocycles. The summed E-state index contributed by atoms with van der Waals surface area (Å²) in [6.07, 6.45) is 0.165. The van der Waals surface area contributed by atoms with Gasteiger partial charge in [0.25, 0.3) is 0 Å². The topological polar surface area (TPSA) is 59.5 Å². The molecule has 0 saturated carbocycles. The molecule has 1 saturated heterocycles. The summed E-state index contributed by atoms with van der Waals surface area (Å²) in [5, 5.41) is 12.0. The Balaban J connectivity index is 1.96. The van der Waals surface area contributed by atoms with E-state index in [1.807, 2.05) is 12.1 Å². The van der Waals surface area contributed by atoms with Crippen LogP contribution in [0.15, 0.2) is 12.1 Å². The van der Waals surface area contributed by atoms with Crippen LogP contribution in [-0.2, 0) is 16.0 Å². The van der Waals surface area contributed by atoms with Gasteiger partial charge in [-0.2, -0.15) is 5.10 Å². The quantitative estimate of drug-likeness (QED) is 0.881. The predicted molar refractivity (Wildman–Crippen MR) is 82.4 cm³/mol. The van der Waals surface area contributed by atoms with Crippen molar-refractivity contribution in [2.75, 3.05) is 32.2 Å². The highest BCUT2D eigenvalue weighted by atomic mass is 16.5. The van der Waals surface area contributed by atoms with Gasteiger partial charge in [0.05, 0.1) is 5.69 Å². The molecule has 1 aromatic heterocycles. The molecular formula is C15H26N4O2. The normalized spacial score (nSPS) is 22.8. The van der Waals surface area contributed by atoms with Crippen LogP contribution in [0, 0.1) is 0 Å². The van der Waals surface area contributed by atoms with Gasteiger partial charge in [-0.1, -0.05) is 0 Å². The molecule has 6 heteroatoms. The van der Waals surface area contributed by atoms with E-state index < -0.39 is 0 Å². The molecule has 2 unspecified atom stereocenters. The van der Waals surface area contributed by atoms with Gasteiger partial charge in [0.2, 0.25) is 0 Å². The van der Waals surface area contributed by atoms with E-state index in [0.29, 0.717) is 0 Å². The molecule has 1 aliphatic rings. The van der Waals surface area contributed by atoms with Gasteiger partial charge < -0.3 is 19.7 Å². The van der Waals surface area contributed by atoms with Crippen molar-refractivity contribution in [2.45, 2.75) is 45.1 Å². The maximum Gasteiger partial charge on any atom is 0.151 e. The second kappa shape index (κ2) is 6.68. The highest BCUT2D eigenvalue weighted by molar-refractivity contribution is 5.39. The van der Waals surface area contributed by atoms with E-state index in [-0.39, 0.29) is 17.7 Å². The monoisotopic (exact) mass is 294 g/mol. The molecule has 1 aromatic rings. The summed E-state index contributed by atoms with van der Waals surface area (Å²) in [4.78, 5) is 2.15. The van der Waals surface area contributed by atoms with E-state index in [1.54, 1.807) is 14.2 Å². The fourth-order valence-corrected chi connectivity index (χ4v) is 2.36. The lowest BCUT2D eigenvalue weighted by atomic mass is 10.1. The van der Waals surface area contributed by atoms with E-state index in [1.165, 1.54) is 0 Å². The molecule has 0 bridgehead atoms. The standard InChI is InChI=1S/C15H26N4O2/c1-15(2,3)16-8-11-6-7-14(18-17-11)19-9-12(20-4)13(10-19)21-5/h6-7,12-13,16H,8-10H2,1-5H3. The van der Waals surface area contributed by atoms with Gasteiger partial charge in [-0.25, -0.2) is 0 Å². The van der Waals surface area contributed by atoms with Crippen molar-refractivity contribution < 1.29 is 9.47 Å². The van der Waals surface area contributed by atoms with E-state index in [0.717, 1.165) is 31.1 Å². The minimum Gasteiger partial charge on any atom is -0.377 e. The Morgan fingerprint density at radius 3 is 2.19 bits per heavy atom. The third-order valence-electron chi connectivity index (χ3n) is 3.65. The molecule has 0 aromatic carbocycles. The van der Waals surface area contributed by atoms with Crippen molar-refractivity contribution in [3.63, 3.8) is 0 Å². The zero-order chi connectivity index (χ0) is 15.5. The van der Waals surface area contributed by atoms with Crippen LogP contribution < -0.4 is 10.2 Å². The number of anilines is 1. The molecule has 0 amide bonds. The molecule has 1 N–H and O–H groups in total. The van der Waals surface area contributed by atoms with Crippen molar-refractivity contribution in [1.82, 2.24) is 15.5 Å². The molecule has 118 valence electrons. The van der Waals surface area contributed by atoms with E-state index in [9.17, 15) is 0 Å². The van der Waals surface area contributed by atoms with Gasteiger partial charge in [0.15, 0.2) is 5.82 Å². The third kappa shape index (κ3) is 4.36. The molecule has 2 rings (SSSR count). The Labute approximate surface area is 126 Å². The SMILES string of the molecule is COC1CN(c2ccc(CNC(C)(C)C)nn2)CC1OC. The summed E-state index contributed by atoms with van der Waals surface area (Å²) >= 11 is 0. The number of rotatable bonds is 5. The Morgan fingerprint density at radius 1 is 1.14 bits per heavy atom. The minimum atomic E-state index is 0.0761. The zero-order valence-electron chi connectivity index (χ0n) is 13.6. The van der Waals surface area contributed by atoms with Gasteiger partial charge in [-0.15, -0.1) is 5.10 Å². The van der Waals surface area contributed by atoms with Gasteiger partial charge >= 0.3 is 0 Å². The van der Waals surface area contributed by atoms with E-state index in [4.69, 9.17) is 9.47 Å². The van der Waals surface area contributed by atoms with Gasteiger partial charge in [0, 0.05) is 39.4 Å². The van der Waals surface area contributed by atoms with Crippen molar-refractivity contribution in [2.24, 2.45) is 0 Å². The number of aromatic nitrogens is 2. The van der Waals surface area contributed by atoms with Crippen LogP contribution >= 0.6 is 0 Å². The van der Waals surface area contributed by atoms with Gasteiger partial charge in [0.1, 0.15) is 12.2 Å². The van der Waals surface area contributed by atoms with Crippen LogP contribution in [-0.4, -0.2) is 55.3 Å². The second-order valence-electron chi connectivity index (χ2n) is 6.44. The highest BCUT2D eigenvalue weighted by Gasteiger charge is 2.33. The molecule has 0 radical (unpaired) electrons. The van der Waals surface area contributed by atoms with E-state index >= 15 is 0 Å². The van der Waals surface area contributed by atoms with Crippen molar-refractivity contribution in [3.05, 3.63) is 17.8 Å². The van der Waals surface area contributed by atoms with Crippen LogP contribution in [0.3, 0.4) is 0 Å². The first-order chi connectivity index (χ1) is 9.93. The number of nitrogens with zero attached hydrogens (tertiary/aromatic N) is 3. The fourth-order valence-electron chi connectivity index (χ4n) is 2.36. The Hall–Kier alpha value is -1.24. The molecule has 2 atom stereocenters.